The van der Waals surface area contributed by atoms with Gasteiger partial charge in [-0.25, -0.2) is 4.39 Å². The van der Waals surface area contributed by atoms with Gasteiger partial charge >= 0.3 is 0 Å². The van der Waals surface area contributed by atoms with E-state index in [-0.39, 0.29) is 11.7 Å². The molecule has 8 heteroatoms. The second-order valence-electron chi connectivity index (χ2n) is 5.92. The van der Waals surface area contributed by atoms with E-state index in [1.54, 1.807) is 37.3 Å². The summed E-state index contributed by atoms with van der Waals surface area (Å²) >= 11 is 11.2. The lowest BCUT2D eigenvalue weighted by Gasteiger charge is -2.30. The Hall–Kier alpha value is -2.64. The molecule has 3 rings (SSSR count). The Labute approximate surface area is 166 Å². The first-order valence-electron chi connectivity index (χ1n) is 8.07. The predicted molar refractivity (Wildman–Crippen MR) is 107 cm³/mol. The molecule has 0 saturated heterocycles. The van der Waals surface area contributed by atoms with E-state index < -0.39 is 6.04 Å². The monoisotopic (exact) mass is 405 g/mol. The third kappa shape index (κ3) is 4.20. The molecule has 2 aromatic carbocycles. The molecule has 0 spiro atoms. The van der Waals surface area contributed by atoms with Crippen molar-refractivity contribution < 1.29 is 13.9 Å². The Morgan fingerprint density at radius 3 is 2.63 bits per heavy atom. The van der Waals surface area contributed by atoms with Crippen molar-refractivity contribution in [2.45, 2.75) is 13.0 Å². The van der Waals surface area contributed by atoms with Crippen molar-refractivity contribution in [1.29, 1.82) is 0 Å². The summed E-state index contributed by atoms with van der Waals surface area (Å²) in [6.45, 7) is 1.76. The second-order valence-corrected chi connectivity index (χ2v) is 6.77. The molecule has 3 N–H and O–H groups in total. The number of methoxy groups -OCH3 is 1. The van der Waals surface area contributed by atoms with Crippen LogP contribution in [-0.2, 0) is 4.79 Å². The zero-order chi connectivity index (χ0) is 19.6. The number of carbonyl (C=O) groups excluding carboxylic acids is 1. The first-order chi connectivity index (χ1) is 12.9. The van der Waals surface area contributed by atoms with E-state index in [2.05, 4.69) is 16.0 Å². The molecule has 1 amide bonds. The minimum absolute atomic E-state index is 0.356. The molecule has 2 aromatic rings. The van der Waals surface area contributed by atoms with Gasteiger partial charge < -0.3 is 20.7 Å². The number of anilines is 1. The number of allylic oxidation sites excluding steroid dienone is 1. The summed E-state index contributed by atoms with van der Waals surface area (Å²) in [6.07, 6.45) is 0. The summed E-state index contributed by atoms with van der Waals surface area (Å²) in [5.41, 5.74) is 2.19. The molecule has 1 aliphatic heterocycles. The molecule has 0 aromatic heterocycles. The van der Waals surface area contributed by atoms with Gasteiger partial charge in [0.2, 0.25) is 0 Å². The third-order valence-electron chi connectivity index (χ3n) is 4.13. The van der Waals surface area contributed by atoms with Crippen LogP contribution in [0.3, 0.4) is 0 Å². The van der Waals surface area contributed by atoms with Crippen molar-refractivity contribution in [1.82, 2.24) is 10.6 Å². The maximum Gasteiger partial charge on any atom is 0.255 e. The normalized spacial score (nSPS) is 16.4. The fourth-order valence-corrected chi connectivity index (χ4v) is 3.31. The van der Waals surface area contributed by atoms with Gasteiger partial charge in [0.05, 0.1) is 24.4 Å². The van der Waals surface area contributed by atoms with Crippen LogP contribution < -0.4 is 20.7 Å². The molecule has 5 nitrogen and oxygen atoms in total. The quantitative estimate of drug-likeness (QED) is 0.673. The summed E-state index contributed by atoms with van der Waals surface area (Å²) in [6, 6.07) is 10.3. The lowest BCUT2D eigenvalue weighted by Crippen LogP contribution is -2.45. The number of rotatable bonds is 4. The van der Waals surface area contributed by atoms with Gasteiger partial charge in [-0.05, 0) is 55.0 Å². The minimum atomic E-state index is -0.524. The van der Waals surface area contributed by atoms with Crippen molar-refractivity contribution in [2.24, 2.45) is 0 Å². The zero-order valence-corrected chi connectivity index (χ0v) is 16.2. The van der Waals surface area contributed by atoms with Crippen molar-refractivity contribution in [3.63, 3.8) is 0 Å². The molecule has 1 aliphatic rings. The van der Waals surface area contributed by atoms with Crippen molar-refractivity contribution in [3.05, 3.63) is 70.1 Å². The maximum atomic E-state index is 13.3. The van der Waals surface area contributed by atoms with E-state index in [0.717, 1.165) is 0 Å². The fourth-order valence-electron chi connectivity index (χ4n) is 2.87. The molecule has 0 fully saturated rings. The van der Waals surface area contributed by atoms with Gasteiger partial charge in [-0.1, -0.05) is 23.7 Å². The average molecular weight is 406 g/mol. The highest BCUT2D eigenvalue weighted by atomic mass is 35.5. The van der Waals surface area contributed by atoms with E-state index >= 15 is 0 Å². The SMILES string of the molecule is COc1ccc(Cl)cc1NC(=O)C1=C(C)NC(=S)N[C@H]1c1ccc(F)cc1. The van der Waals surface area contributed by atoms with E-state index in [0.29, 0.717) is 38.4 Å². The zero-order valence-electron chi connectivity index (χ0n) is 14.6. The van der Waals surface area contributed by atoms with Crippen LogP contribution in [0.15, 0.2) is 53.7 Å². The minimum Gasteiger partial charge on any atom is -0.495 e. The van der Waals surface area contributed by atoms with Gasteiger partial charge in [0.25, 0.3) is 5.91 Å². The third-order valence-corrected chi connectivity index (χ3v) is 4.58. The van der Waals surface area contributed by atoms with Crippen LogP contribution in [0, 0.1) is 5.82 Å². The Kier molecular flexibility index (Phi) is 5.62. The second kappa shape index (κ2) is 7.94. The number of ether oxygens (including phenoxy) is 1. The molecule has 0 unspecified atom stereocenters. The molecular formula is C19H17ClFN3O2S. The van der Waals surface area contributed by atoms with Crippen molar-refractivity contribution in [3.8, 4) is 5.75 Å². The smallest absolute Gasteiger partial charge is 0.255 e. The van der Waals surface area contributed by atoms with Crippen LogP contribution in [0.1, 0.15) is 18.5 Å². The number of thiocarbonyl (C=S) groups is 1. The Morgan fingerprint density at radius 1 is 1.26 bits per heavy atom. The van der Waals surface area contributed by atoms with E-state index in [1.165, 1.54) is 19.2 Å². The highest BCUT2D eigenvalue weighted by Crippen LogP contribution is 2.31. The van der Waals surface area contributed by atoms with Crippen LogP contribution in [0.5, 0.6) is 5.75 Å². The van der Waals surface area contributed by atoms with Crippen LogP contribution in [0.2, 0.25) is 5.02 Å². The topological polar surface area (TPSA) is 62.4 Å². The van der Waals surface area contributed by atoms with Crippen LogP contribution in [-0.4, -0.2) is 18.1 Å². The predicted octanol–water partition coefficient (Wildman–Crippen LogP) is 3.92. The summed E-state index contributed by atoms with van der Waals surface area (Å²) < 4.78 is 18.6. The molecule has 0 radical (unpaired) electrons. The lowest BCUT2D eigenvalue weighted by molar-refractivity contribution is -0.113. The number of nitrogens with one attached hydrogen (secondary N) is 3. The number of halogens is 2. The van der Waals surface area contributed by atoms with Gasteiger partial charge in [0.1, 0.15) is 11.6 Å². The van der Waals surface area contributed by atoms with Crippen LogP contribution in [0.25, 0.3) is 0 Å². The van der Waals surface area contributed by atoms with Gasteiger partial charge in [0, 0.05) is 10.7 Å². The molecule has 140 valence electrons. The summed E-state index contributed by atoms with van der Waals surface area (Å²) in [7, 11) is 1.51. The Balaban J connectivity index is 1.97. The fraction of sp³-hybridized carbons (Fsp3) is 0.158. The summed E-state index contributed by atoms with van der Waals surface area (Å²) in [5, 5.41) is 9.69. The highest BCUT2D eigenvalue weighted by Gasteiger charge is 2.30. The van der Waals surface area contributed by atoms with E-state index in [4.69, 9.17) is 28.6 Å². The van der Waals surface area contributed by atoms with Gasteiger partial charge in [-0.2, -0.15) is 0 Å². The Bertz CT molecular complexity index is 931. The number of benzene rings is 2. The molecule has 0 bridgehead atoms. The molecule has 0 aliphatic carbocycles. The van der Waals surface area contributed by atoms with Gasteiger partial charge in [-0.3, -0.25) is 4.79 Å². The number of amides is 1. The molecule has 27 heavy (non-hydrogen) atoms. The standard InChI is InChI=1S/C19H17ClFN3O2S/c1-10-16(18(25)23-14-9-12(20)5-8-15(14)26-2)17(24-19(27)22-10)11-3-6-13(21)7-4-11/h3-9,17H,1-2H3,(H,23,25)(H2,22,24,27)/t17-/m0/s1. The number of hydrogen-bond donors (Lipinski definition) is 3. The first-order valence-corrected chi connectivity index (χ1v) is 8.86. The Morgan fingerprint density at radius 2 is 1.96 bits per heavy atom. The van der Waals surface area contributed by atoms with Gasteiger partial charge in [0.15, 0.2) is 5.11 Å². The van der Waals surface area contributed by atoms with Gasteiger partial charge in [-0.15, -0.1) is 0 Å². The molecular weight excluding hydrogens is 389 g/mol. The molecule has 0 saturated carbocycles. The van der Waals surface area contributed by atoms with Crippen LogP contribution >= 0.6 is 23.8 Å². The lowest BCUT2D eigenvalue weighted by atomic mass is 9.95. The highest BCUT2D eigenvalue weighted by molar-refractivity contribution is 7.80. The summed E-state index contributed by atoms with van der Waals surface area (Å²) in [5.74, 6) is -0.230. The van der Waals surface area contributed by atoms with E-state index in [9.17, 15) is 9.18 Å². The first kappa shape index (κ1) is 19.1. The average Bonchev–Trinajstić information content (AvgIpc) is 2.61. The number of hydrogen-bond acceptors (Lipinski definition) is 3. The molecule has 1 atom stereocenters. The van der Waals surface area contributed by atoms with Crippen molar-refractivity contribution >= 4 is 40.5 Å². The molecule has 1 heterocycles. The summed E-state index contributed by atoms with van der Waals surface area (Å²) in [4.78, 5) is 13.0. The van der Waals surface area contributed by atoms with Crippen molar-refractivity contribution in [2.75, 3.05) is 12.4 Å². The largest absolute Gasteiger partial charge is 0.495 e. The van der Waals surface area contributed by atoms with E-state index in [1.807, 2.05) is 0 Å². The van der Waals surface area contributed by atoms with Crippen LogP contribution in [0.4, 0.5) is 10.1 Å². The maximum absolute atomic E-state index is 13.3. The number of carbonyl (C=O) groups is 1.